The summed E-state index contributed by atoms with van der Waals surface area (Å²) in [4.78, 5) is 22.3. The molecule has 0 bridgehead atoms. The molecule has 1 aromatic rings. The molecule has 7 nitrogen and oxygen atoms in total. The number of hydrogen-bond donors (Lipinski definition) is 2. The molecule has 0 aliphatic heterocycles. The maximum atomic E-state index is 13.6. The van der Waals surface area contributed by atoms with Gasteiger partial charge in [0.15, 0.2) is 11.5 Å². The van der Waals surface area contributed by atoms with Crippen LogP contribution in [0.3, 0.4) is 0 Å². The number of benzene rings is 1. The first kappa shape index (κ1) is 21.2. The Labute approximate surface area is 156 Å². The number of carbonyl (C=O) groups is 2. The standard InChI is InChI=1S/C17H22F2N2O5S/c1-11-5-2-3-8-14(11)21-15(22)10-26-16(23)9-20-27(24,25)17-12(18)6-4-7-13(17)19/h4,6-7,11,14,20H,2-3,5,8-10H2,1H3,(H,21,22)/t11-,14+/m0/s1. The summed E-state index contributed by atoms with van der Waals surface area (Å²) in [5.41, 5.74) is 0. The van der Waals surface area contributed by atoms with Gasteiger partial charge in [-0.3, -0.25) is 9.59 Å². The molecule has 150 valence electrons. The number of hydrogen-bond acceptors (Lipinski definition) is 5. The van der Waals surface area contributed by atoms with Crippen molar-refractivity contribution >= 4 is 21.9 Å². The first-order valence-corrected chi connectivity index (χ1v) is 10.1. The van der Waals surface area contributed by atoms with Crippen molar-refractivity contribution < 1.29 is 31.5 Å². The summed E-state index contributed by atoms with van der Waals surface area (Å²) in [7, 11) is -4.59. The third-order valence-electron chi connectivity index (χ3n) is 4.42. The van der Waals surface area contributed by atoms with Gasteiger partial charge in [-0.05, 0) is 30.9 Å². The van der Waals surface area contributed by atoms with Gasteiger partial charge >= 0.3 is 5.97 Å². The predicted molar refractivity (Wildman–Crippen MR) is 92.1 cm³/mol. The van der Waals surface area contributed by atoms with Crippen molar-refractivity contribution in [2.45, 2.75) is 43.5 Å². The summed E-state index contributed by atoms with van der Waals surface area (Å²) < 4.78 is 57.4. The van der Waals surface area contributed by atoms with E-state index in [1.807, 2.05) is 6.92 Å². The van der Waals surface area contributed by atoms with Crippen molar-refractivity contribution in [3.63, 3.8) is 0 Å². The van der Waals surface area contributed by atoms with E-state index in [0.29, 0.717) is 5.92 Å². The van der Waals surface area contributed by atoms with Gasteiger partial charge in [-0.1, -0.05) is 25.8 Å². The highest BCUT2D eigenvalue weighted by Crippen LogP contribution is 2.23. The van der Waals surface area contributed by atoms with Crippen LogP contribution >= 0.6 is 0 Å². The van der Waals surface area contributed by atoms with Gasteiger partial charge < -0.3 is 10.1 Å². The second-order valence-corrected chi connectivity index (χ2v) is 8.18. The number of ether oxygens (including phenoxy) is 1. The number of amides is 1. The number of carbonyl (C=O) groups excluding carboxylic acids is 2. The van der Waals surface area contributed by atoms with Gasteiger partial charge in [-0.2, -0.15) is 4.72 Å². The molecule has 2 rings (SSSR count). The van der Waals surface area contributed by atoms with Gasteiger partial charge in [0.1, 0.15) is 18.2 Å². The second kappa shape index (κ2) is 9.23. The van der Waals surface area contributed by atoms with Crippen LogP contribution in [0.25, 0.3) is 0 Å². The number of halogens is 2. The molecule has 0 spiro atoms. The van der Waals surface area contributed by atoms with Crippen molar-refractivity contribution in [2.75, 3.05) is 13.2 Å². The minimum absolute atomic E-state index is 0.0208. The Hall–Kier alpha value is -2.07. The maximum Gasteiger partial charge on any atom is 0.321 e. The molecule has 1 aliphatic rings. The molecule has 10 heteroatoms. The quantitative estimate of drug-likeness (QED) is 0.671. The average Bonchev–Trinajstić information content (AvgIpc) is 2.60. The normalized spacial score (nSPS) is 20.1. The second-order valence-electron chi connectivity index (χ2n) is 6.47. The van der Waals surface area contributed by atoms with Gasteiger partial charge in [0, 0.05) is 6.04 Å². The lowest BCUT2D eigenvalue weighted by atomic mass is 9.86. The molecule has 1 amide bonds. The third kappa shape index (κ3) is 5.96. The Kier molecular flexibility index (Phi) is 7.25. The Balaban J connectivity index is 1.81. The van der Waals surface area contributed by atoms with Crippen LogP contribution in [0.5, 0.6) is 0 Å². The van der Waals surface area contributed by atoms with E-state index >= 15 is 0 Å². The fourth-order valence-corrected chi connectivity index (χ4v) is 4.04. The summed E-state index contributed by atoms with van der Waals surface area (Å²) in [6, 6.07) is 2.61. The number of nitrogens with one attached hydrogen (secondary N) is 2. The zero-order valence-electron chi connectivity index (χ0n) is 14.8. The van der Waals surface area contributed by atoms with Crippen molar-refractivity contribution in [1.82, 2.24) is 10.0 Å². The average molecular weight is 404 g/mol. The number of esters is 1. The van der Waals surface area contributed by atoms with Crippen molar-refractivity contribution in [1.29, 1.82) is 0 Å². The Morgan fingerprint density at radius 3 is 2.44 bits per heavy atom. The molecule has 1 aliphatic carbocycles. The Morgan fingerprint density at radius 1 is 1.19 bits per heavy atom. The van der Waals surface area contributed by atoms with Crippen molar-refractivity contribution in [2.24, 2.45) is 5.92 Å². The molecule has 0 radical (unpaired) electrons. The molecule has 1 aromatic carbocycles. The molecule has 0 heterocycles. The van der Waals surface area contributed by atoms with E-state index in [-0.39, 0.29) is 6.04 Å². The zero-order valence-corrected chi connectivity index (χ0v) is 15.7. The van der Waals surface area contributed by atoms with Crippen LogP contribution in [-0.2, 0) is 24.3 Å². The summed E-state index contributed by atoms with van der Waals surface area (Å²) in [6.45, 7) is 0.619. The van der Waals surface area contributed by atoms with Gasteiger partial charge in [0.2, 0.25) is 10.0 Å². The summed E-state index contributed by atoms with van der Waals surface area (Å²) in [6.07, 6.45) is 4.00. The Bertz CT molecular complexity index is 780. The largest absolute Gasteiger partial charge is 0.455 e. The van der Waals surface area contributed by atoms with Crippen LogP contribution in [0.2, 0.25) is 0 Å². The molecule has 0 unspecified atom stereocenters. The minimum Gasteiger partial charge on any atom is -0.455 e. The maximum absolute atomic E-state index is 13.6. The summed E-state index contributed by atoms with van der Waals surface area (Å²) in [5.74, 6) is -3.75. The lowest BCUT2D eigenvalue weighted by Gasteiger charge is -2.29. The summed E-state index contributed by atoms with van der Waals surface area (Å²) in [5, 5.41) is 2.78. The number of sulfonamides is 1. The molecule has 2 N–H and O–H groups in total. The first-order valence-electron chi connectivity index (χ1n) is 8.59. The lowest BCUT2D eigenvalue weighted by Crippen LogP contribution is -2.43. The van der Waals surface area contributed by atoms with E-state index in [1.165, 1.54) is 0 Å². The van der Waals surface area contributed by atoms with E-state index in [4.69, 9.17) is 4.74 Å². The van der Waals surface area contributed by atoms with Crippen LogP contribution in [0.4, 0.5) is 8.78 Å². The van der Waals surface area contributed by atoms with Crippen LogP contribution in [0.1, 0.15) is 32.6 Å². The monoisotopic (exact) mass is 404 g/mol. The van der Waals surface area contributed by atoms with E-state index in [0.717, 1.165) is 43.9 Å². The molecule has 1 saturated carbocycles. The molecule has 2 atom stereocenters. The van der Waals surface area contributed by atoms with E-state index < -0.39 is 51.6 Å². The van der Waals surface area contributed by atoms with E-state index in [1.54, 1.807) is 4.72 Å². The highest BCUT2D eigenvalue weighted by atomic mass is 32.2. The lowest BCUT2D eigenvalue weighted by molar-refractivity contribution is -0.147. The van der Waals surface area contributed by atoms with Gasteiger partial charge in [0.05, 0.1) is 0 Å². The van der Waals surface area contributed by atoms with Gasteiger partial charge in [-0.25, -0.2) is 17.2 Å². The van der Waals surface area contributed by atoms with Crippen molar-refractivity contribution in [3.05, 3.63) is 29.8 Å². The van der Waals surface area contributed by atoms with Crippen LogP contribution in [0.15, 0.2) is 23.1 Å². The first-order chi connectivity index (χ1) is 12.7. The van der Waals surface area contributed by atoms with Crippen LogP contribution in [-0.4, -0.2) is 39.5 Å². The van der Waals surface area contributed by atoms with Gasteiger partial charge in [0.25, 0.3) is 5.91 Å². The third-order valence-corrected chi connectivity index (χ3v) is 5.87. The van der Waals surface area contributed by atoms with Crippen LogP contribution < -0.4 is 10.0 Å². The smallest absolute Gasteiger partial charge is 0.321 e. The van der Waals surface area contributed by atoms with Gasteiger partial charge in [-0.15, -0.1) is 0 Å². The fourth-order valence-electron chi connectivity index (χ4n) is 2.94. The van der Waals surface area contributed by atoms with Crippen molar-refractivity contribution in [3.8, 4) is 0 Å². The highest BCUT2D eigenvalue weighted by Gasteiger charge is 2.25. The molecule has 0 aromatic heterocycles. The molecule has 0 saturated heterocycles. The van der Waals surface area contributed by atoms with Crippen LogP contribution in [0, 0.1) is 17.6 Å². The van der Waals surface area contributed by atoms with E-state index in [9.17, 15) is 26.8 Å². The highest BCUT2D eigenvalue weighted by molar-refractivity contribution is 7.89. The minimum atomic E-state index is -4.59. The van der Waals surface area contributed by atoms with E-state index in [2.05, 4.69) is 5.32 Å². The molecular formula is C17H22F2N2O5S. The zero-order chi connectivity index (χ0) is 20.0. The topological polar surface area (TPSA) is 102 Å². The fraction of sp³-hybridized carbons (Fsp3) is 0.529. The number of rotatable bonds is 7. The molecular weight excluding hydrogens is 382 g/mol. The SMILES string of the molecule is C[C@H]1CCCC[C@H]1NC(=O)COC(=O)CNS(=O)(=O)c1c(F)cccc1F. The predicted octanol–water partition coefficient (Wildman–Crippen LogP) is 1.48. The molecule has 1 fully saturated rings. The Morgan fingerprint density at radius 2 is 1.81 bits per heavy atom. The summed E-state index contributed by atoms with van der Waals surface area (Å²) >= 11 is 0. The molecule has 27 heavy (non-hydrogen) atoms.